The van der Waals surface area contributed by atoms with Crippen LogP contribution in [0.4, 0.5) is 16.0 Å². The lowest BCUT2D eigenvalue weighted by Gasteiger charge is -2.08. The highest BCUT2D eigenvalue weighted by molar-refractivity contribution is 5.45. The first-order valence-electron chi connectivity index (χ1n) is 6.29. The molecule has 1 heterocycles. The van der Waals surface area contributed by atoms with Crippen molar-refractivity contribution in [3.05, 3.63) is 46.4 Å². The van der Waals surface area contributed by atoms with E-state index in [0.717, 1.165) is 12.6 Å². The number of halogens is 1. The number of rotatable bonds is 6. The molecular weight excluding hydrogens is 279 g/mol. The molecule has 1 N–H and O–H groups in total. The Bertz CT molecular complexity index is 651. The Labute approximate surface area is 120 Å². The van der Waals surface area contributed by atoms with Gasteiger partial charge in [-0.3, -0.25) is 10.1 Å². The summed E-state index contributed by atoms with van der Waals surface area (Å²) in [6, 6.07) is 5.60. The fourth-order valence-corrected chi connectivity index (χ4v) is 1.51. The first-order valence-corrected chi connectivity index (χ1v) is 6.29. The fourth-order valence-electron chi connectivity index (χ4n) is 1.51. The van der Waals surface area contributed by atoms with E-state index in [1.165, 1.54) is 18.2 Å². The molecule has 0 aliphatic carbocycles. The zero-order chi connectivity index (χ0) is 15.2. The van der Waals surface area contributed by atoms with Crippen molar-refractivity contribution >= 4 is 11.6 Å². The molecule has 21 heavy (non-hydrogen) atoms. The van der Waals surface area contributed by atoms with E-state index in [-0.39, 0.29) is 17.6 Å². The molecule has 7 nitrogen and oxygen atoms in total. The summed E-state index contributed by atoms with van der Waals surface area (Å²) in [5.41, 5.74) is -0.430. The topological polar surface area (TPSA) is 90.2 Å². The predicted octanol–water partition coefficient (Wildman–Crippen LogP) is 3.14. The number of nitrogens with one attached hydrogen (secondary N) is 1. The smallest absolute Gasteiger partial charge is 0.349 e. The van der Waals surface area contributed by atoms with Crippen LogP contribution in [0, 0.1) is 15.9 Å². The molecule has 0 fully saturated rings. The number of aromatic nitrogens is 2. The van der Waals surface area contributed by atoms with Gasteiger partial charge in [0, 0.05) is 6.54 Å². The van der Waals surface area contributed by atoms with E-state index in [4.69, 9.17) is 4.74 Å². The quantitative estimate of drug-likeness (QED) is 0.649. The Morgan fingerprint density at radius 1 is 1.43 bits per heavy atom. The third kappa shape index (κ3) is 3.62. The summed E-state index contributed by atoms with van der Waals surface area (Å²) in [5, 5.41) is 13.8. The van der Waals surface area contributed by atoms with Crippen molar-refractivity contribution in [2.75, 3.05) is 11.9 Å². The summed E-state index contributed by atoms with van der Waals surface area (Å²) in [7, 11) is 0. The fraction of sp³-hybridized carbons (Fsp3) is 0.231. The number of nitro groups is 1. The van der Waals surface area contributed by atoms with Gasteiger partial charge in [-0.1, -0.05) is 19.1 Å². The molecule has 2 rings (SSSR count). The second kappa shape index (κ2) is 6.60. The van der Waals surface area contributed by atoms with Crippen molar-refractivity contribution < 1.29 is 14.1 Å². The van der Waals surface area contributed by atoms with E-state index >= 15 is 0 Å². The molecule has 0 spiro atoms. The zero-order valence-electron chi connectivity index (χ0n) is 11.2. The number of benzene rings is 1. The summed E-state index contributed by atoms with van der Waals surface area (Å²) < 4.78 is 18.8. The Morgan fingerprint density at radius 2 is 2.19 bits per heavy atom. The number of hydrogen-bond donors (Lipinski definition) is 1. The van der Waals surface area contributed by atoms with Crippen LogP contribution in [0.2, 0.25) is 0 Å². The normalized spacial score (nSPS) is 10.2. The highest BCUT2D eigenvalue weighted by Gasteiger charge is 2.20. The molecule has 0 radical (unpaired) electrons. The lowest BCUT2D eigenvalue weighted by molar-refractivity contribution is -0.386. The second-order valence-corrected chi connectivity index (χ2v) is 4.10. The Morgan fingerprint density at radius 3 is 2.86 bits per heavy atom. The van der Waals surface area contributed by atoms with Gasteiger partial charge in [0.1, 0.15) is 6.20 Å². The van der Waals surface area contributed by atoms with Gasteiger partial charge in [-0.2, -0.15) is 4.98 Å². The molecule has 0 atom stereocenters. The minimum absolute atomic E-state index is 0.138. The maximum atomic E-state index is 13.6. The van der Waals surface area contributed by atoms with Crippen LogP contribution in [-0.2, 0) is 0 Å². The lowest BCUT2D eigenvalue weighted by atomic mass is 10.3. The molecule has 0 saturated carbocycles. The lowest BCUT2D eigenvalue weighted by Crippen LogP contribution is -2.06. The van der Waals surface area contributed by atoms with Gasteiger partial charge in [0.05, 0.1) is 4.92 Å². The number of hydrogen-bond acceptors (Lipinski definition) is 6. The number of ether oxygens (including phenoxy) is 1. The van der Waals surface area contributed by atoms with Gasteiger partial charge in [-0.05, 0) is 18.6 Å². The zero-order valence-corrected chi connectivity index (χ0v) is 11.2. The van der Waals surface area contributed by atoms with Crippen LogP contribution in [0.5, 0.6) is 11.6 Å². The van der Waals surface area contributed by atoms with Crippen molar-refractivity contribution in [3.8, 4) is 11.6 Å². The Balaban J connectivity index is 2.34. The molecule has 1 aromatic heterocycles. The summed E-state index contributed by atoms with van der Waals surface area (Å²) >= 11 is 0. The maximum Gasteiger partial charge on any atom is 0.349 e. The average Bonchev–Trinajstić information content (AvgIpc) is 2.47. The molecule has 0 aliphatic heterocycles. The summed E-state index contributed by atoms with van der Waals surface area (Å²) in [6.45, 7) is 2.56. The molecule has 0 unspecified atom stereocenters. The van der Waals surface area contributed by atoms with Gasteiger partial charge in [0.15, 0.2) is 11.6 Å². The van der Waals surface area contributed by atoms with E-state index in [1.807, 2.05) is 6.92 Å². The van der Waals surface area contributed by atoms with Gasteiger partial charge in [0.2, 0.25) is 5.95 Å². The van der Waals surface area contributed by atoms with Gasteiger partial charge in [0.25, 0.3) is 0 Å². The molecular formula is C13H13FN4O3. The molecule has 0 bridgehead atoms. The van der Waals surface area contributed by atoms with Crippen LogP contribution in [0.15, 0.2) is 30.5 Å². The molecule has 0 saturated heterocycles. The van der Waals surface area contributed by atoms with Gasteiger partial charge < -0.3 is 10.1 Å². The van der Waals surface area contributed by atoms with Crippen LogP contribution in [0.1, 0.15) is 13.3 Å². The monoisotopic (exact) mass is 292 g/mol. The van der Waals surface area contributed by atoms with Gasteiger partial charge in [-0.15, -0.1) is 0 Å². The summed E-state index contributed by atoms with van der Waals surface area (Å²) in [6.07, 6.45) is 1.87. The van der Waals surface area contributed by atoms with E-state index < -0.39 is 16.4 Å². The summed E-state index contributed by atoms with van der Waals surface area (Å²) in [4.78, 5) is 18.0. The van der Waals surface area contributed by atoms with Crippen LogP contribution in [-0.4, -0.2) is 21.4 Å². The molecule has 8 heteroatoms. The van der Waals surface area contributed by atoms with E-state index in [2.05, 4.69) is 15.3 Å². The second-order valence-electron chi connectivity index (χ2n) is 4.10. The number of para-hydroxylation sites is 1. The van der Waals surface area contributed by atoms with Crippen LogP contribution in [0.25, 0.3) is 0 Å². The Hall–Kier alpha value is -2.77. The molecule has 0 aliphatic rings. The van der Waals surface area contributed by atoms with Crippen LogP contribution >= 0.6 is 0 Å². The SMILES string of the molecule is CCCNc1ncc([N+](=O)[O-])c(Oc2ccccc2F)n1. The van der Waals surface area contributed by atoms with Crippen molar-refractivity contribution in [1.29, 1.82) is 0 Å². The predicted molar refractivity (Wildman–Crippen MR) is 73.9 cm³/mol. The highest BCUT2D eigenvalue weighted by atomic mass is 19.1. The van der Waals surface area contributed by atoms with Crippen molar-refractivity contribution in [1.82, 2.24) is 9.97 Å². The maximum absolute atomic E-state index is 13.6. The molecule has 1 aromatic carbocycles. The third-order valence-electron chi connectivity index (χ3n) is 2.51. The minimum atomic E-state index is -0.681. The van der Waals surface area contributed by atoms with E-state index in [0.29, 0.717) is 6.54 Å². The van der Waals surface area contributed by atoms with Crippen molar-refractivity contribution in [3.63, 3.8) is 0 Å². The third-order valence-corrected chi connectivity index (χ3v) is 2.51. The first kappa shape index (κ1) is 14.6. The summed E-state index contributed by atoms with van der Waals surface area (Å²) in [5.74, 6) is -0.887. The van der Waals surface area contributed by atoms with Crippen LogP contribution in [0.3, 0.4) is 0 Å². The van der Waals surface area contributed by atoms with Gasteiger partial charge in [-0.25, -0.2) is 9.37 Å². The van der Waals surface area contributed by atoms with Crippen molar-refractivity contribution in [2.24, 2.45) is 0 Å². The number of anilines is 1. The van der Waals surface area contributed by atoms with E-state index in [1.54, 1.807) is 6.07 Å². The molecule has 2 aromatic rings. The standard InChI is InChI=1S/C13H13FN4O3/c1-2-7-15-13-16-8-10(18(19)20)12(17-13)21-11-6-4-3-5-9(11)14/h3-6,8H,2,7H2,1H3,(H,15,16,17). The minimum Gasteiger partial charge on any atom is -0.430 e. The largest absolute Gasteiger partial charge is 0.430 e. The average molecular weight is 292 g/mol. The van der Waals surface area contributed by atoms with E-state index in [9.17, 15) is 14.5 Å². The van der Waals surface area contributed by atoms with Crippen LogP contribution < -0.4 is 10.1 Å². The van der Waals surface area contributed by atoms with Gasteiger partial charge >= 0.3 is 11.6 Å². The van der Waals surface area contributed by atoms with Crippen molar-refractivity contribution in [2.45, 2.75) is 13.3 Å². The number of nitrogens with zero attached hydrogens (tertiary/aromatic N) is 3. The highest BCUT2D eigenvalue weighted by Crippen LogP contribution is 2.30. The Kier molecular flexibility index (Phi) is 4.60. The first-order chi connectivity index (χ1) is 10.1. The molecule has 0 amide bonds. The molecule has 110 valence electrons.